The Balaban J connectivity index is 2.68. The lowest BCUT2D eigenvalue weighted by Gasteiger charge is -2.16. The van der Waals surface area contributed by atoms with Gasteiger partial charge in [0.1, 0.15) is 8.07 Å². The van der Waals surface area contributed by atoms with Crippen molar-refractivity contribution in [1.82, 2.24) is 0 Å². The average molecular weight is 265 g/mol. The number of esters is 1. The molecule has 0 amide bonds. The number of nitro benzene ring substituents is 1. The fraction of sp³-hybridized carbons (Fsp3) is 0.250. The highest BCUT2D eigenvalue weighted by Gasteiger charge is 2.19. The maximum Gasteiger partial charge on any atom is 0.337 e. The van der Waals surface area contributed by atoms with Crippen molar-refractivity contribution in [3.8, 4) is 0 Å². The molecule has 0 aromatic heterocycles. The van der Waals surface area contributed by atoms with Gasteiger partial charge >= 0.3 is 5.97 Å². The number of nitro groups is 1. The number of hydrogen-bond acceptors (Lipinski definition) is 4. The van der Waals surface area contributed by atoms with E-state index >= 15 is 0 Å². The molecule has 0 bridgehead atoms. The van der Waals surface area contributed by atoms with E-state index in [1.54, 1.807) is 0 Å². The van der Waals surface area contributed by atoms with Gasteiger partial charge in [0, 0.05) is 12.1 Å². The van der Waals surface area contributed by atoms with Crippen LogP contribution in [0.2, 0.25) is 13.1 Å². The maximum absolute atomic E-state index is 11.7. The predicted molar refractivity (Wildman–Crippen MR) is 71.1 cm³/mol. The molecule has 96 valence electrons. The van der Waals surface area contributed by atoms with E-state index in [-0.39, 0.29) is 5.69 Å². The molecule has 0 atom stereocenters. The molecule has 0 radical (unpaired) electrons. The minimum atomic E-state index is -1.69. The maximum atomic E-state index is 11.7. The summed E-state index contributed by atoms with van der Waals surface area (Å²) in [6, 6.07) is 5.35. The third-order valence-electron chi connectivity index (χ3n) is 2.44. The van der Waals surface area contributed by atoms with Gasteiger partial charge in [-0.3, -0.25) is 10.1 Å². The highest BCUT2D eigenvalue weighted by molar-refractivity contribution is 6.82. The van der Waals surface area contributed by atoms with Crippen molar-refractivity contribution in [2.45, 2.75) is 13.1 Å². The largest absolute Gasteiger partial charge is 0.465 e. The van der Waals surface area contributed by atoms with E-state index in [0.717, 1.165) is 0 Å². The number of carbonyl (C=O) groups is 1. The van der Waals surface area contributed by atoms with Crippen molar-refractivity contribution in [2.75, 3.05) is 6.23 Å². The number of rotatable bonds is 5. The van der Waals surface area contributed by atoms with Crippen LogP contribution in [0.25, 0.3) is 0 Å². The van der Waals surface area contributed by atoms with Gasteiger partial charge in [-0.15, -0.1) is 6.58 Å². The Morgan fingerprint density at radius 3 is 2.44 bits per heavy atom. The quantitative estimate of drug-likeness (QED) is 0.355. The van der Waals surface area contributed by atoms with Gasteiger partial charge in [-0.1, -0.05) is 18.8 Å². The molecular weight excluding hydrogens is 250 g/mol. The molecule has 0 saturated heterocycles. The first kappa shape index (κ1) is 14.1. The van der Waals surface area contributed by atoms with Crippen LogP contribution >= 0.6 is 0 Å². The van der Waals surface area contributed by atoms with Crippen molar-refractivity contribution in [2.24, 2.45) is 0 Å². The van der Waals surface area contributed by atoms with Crippen LogP contribution in [0.3, 0.4) is 0 Å². The zero-order chi connectivity index (χ0) is 13.8. The molecule has 18 heavy (non-hydrogen) atoms. The highest BCUT2D eigenvalue weighted by atomic mass is 28.3. The number of nitrogens with zero attached hydrogens (tertiary/aromatic N) is 1. The smallest absolute Gasteiger partial charge is 0.337 e. The van der Waals surface area contributed by atoms with Crippen LogP contribution in [0.15, 0.2) is 36.5 Å². The molecule has 1 aromatic carbocycles. The fourth-order valence-corrected chi connectivity index (χ4v) is 1.73. The normalized spacial score (nSPS) is 10.8. The molecule has 1 rings (SSSR count). The average Bonchev–Trinajstić information content (AvgIpc) is 2.36. The number of hydrogen-bond donors (Lipinski definition) is 0. The van der Waals surface area contributed by atoms with Gasteiger partial charge in [0.05, 0.1) is 16.7 Å². The van der Waals surface area contributed by atoms with Gasteiger partial charge in [-0.05, 0) is 12.1 Å². The topological polar surface area (TPSA) is 69.4 Å². The molecule has 6 heteroatoms. The van der Waals surface area contributed by atoms with Gasteiger partial charge in [0.2, 0.25) is 0 Å². The molecule has 0 N–H and O–H groups in total. The van der Waals surface area contributed by atoms with Crippen LogP contribution in [-0.2, 0) is 4.74 Å². The Morgan fingerprint density at radius 2 is 2.00 bits per heavy atom. The molecule has 0 heterocycles. The van der Waals surface area contributed by atoms with Crippen molar-refractivity contribution in [3.05, 3.63) is 52.2 Å². The molecule has 1 aromatic rings. The molecule has 0 aliphatic carbocycles. The van der Waals surface area contributed by atoms with Gasteiger partial charge in [-0.25, -0.2) is 4.79 Å². The summed E-state index contributed by atoms with van der Waals surface area (Å²) in [5.74, 6) is -0.465. The summed E-state index contributed by atoms with van der Waals surface area (Å²) < 4.78 is 5.17. The van der Waals surface area contributed by atoms with Gasteiger partial charge in [0.25, 0.3) is 5.69 Å². The summed E-state index contributed by atoms with van der Waals surface area (Å²) in [4.78, 5) is 21.6. The van der Waals surface area contributed by atoms with E-state index < -0.39 is 19.0 Å². The lowest BCUT2D eigenvalue weighted by Crippen LogP contribution is -2.31. The summed E-state index contributed by atoms with van der Waals surface area (Å²) in [5.41, 5.74) is 2.11. The predicted octanol–water partition coefficient (Wildman–Crippen LogP) is 2.72. The fourth-order valence-electron chi connectivity index (χ4n) is 1.11. The Bertz CT molecular complexity index is 467. The van der Waals surface area contributed by atoms with Crippen molar-refractivity contribution < 1.29 is 14.5 Å². The van der Waals surface area contributed by atoms with E-state index in [1.165, 1.54) is 24.3 Å². The molecular formula is C12H15NO4Si. The minimum absolute atomic E-state index is 0.0488. The highest BCUT2D eigenvalue weighted by Crippen LogP contribution is 2.13. The lowest BCUT2D eigenvalue weighted by atomic mass is 10.2. The van der Waals surface area contributed by atoms with Crippen LogP contribution in [0.1, 0.15) is 10.4 Å². The van der Waals surface area contributed by atoms with Crippen LogP contribution < -0.4 is 0 Å². The Labute approximate surface area is 106 Å². The summed E-state index contributed by atoms with van der Waals surface area (Å²) >= 11 is 0. The third kappa shape index (κ3) is 3.81. The Hall–Kier alpha value is -1.95. The van der Waals surface area contributed by atoms with E-state index in [4.69, 9.17) is 4.74 Å². The zero-order valence-corrected chi connectivity index (χ0v) is 11.4. The molecule has 0 spiro atoms. The first-order valence-electron chi connectivity index (χ1n) is 5.41. The molecule has 0 fully saturated rings. The number of ether oxygens (including phenoxy) is 1. The summed E-state index contributed by atoms with van der Waals surface area (Å²) in [7, 11) is -1.69. The van der Waals surface area contributed by atoms with Crippen LogP contribution in [0.4, 0.5) is 5.69 Å². The SMILES string of the molecule is C=C[Si](C)(C)COC(=O)c1ccc([N+](=O)[O-])cc1. The van der Waals surface area contributed by atoms with E-state index in [9.17, 15) is 14.9 Å². The molecule has 0 unspecified atom stereocenters. The summed E-state index contributed by atoms with van der Waals surface area (Å²) in [6.07, 6.45) is 0.353. The lowest BCUT2D eigenvalue weighted by molar-refractivity contribution is -0.384. The van der Waals surface area contributed by atoms with Crippen LogP contribution in [0.5, 0.6) is 0 Å². The molecule has 5 nitrogen and oxygen atoms in total. The molecule has 0 aliphatic rings. The van der Waals surface area contributed by atoms with Gasteiger partial charge in [-0.2, -0.15) is 0 Å². The summed E-state index contributed by atoms with van der Waals surface area (Å²) in [6.45, 7) is 7.77. The number of carbonyl (C=O) groups excluding carboxylic acids is 1. The van der Waals surface area contributed by atoms with E-state index in [0.29, 0.717) is 11.8 Å². The minimum Gasteiger partial charge on any atom is -0.465 e. The second-order valence-corrected chi connectivity index (χ2v) is 9.25. The Morgan fingerprint density at radius 1 is 1.44 bits per heavy atom. The second-order valence-electron chi connectivity index (χ2n) is 4.57. The number of benzene rings is 1. The monoisotopic (exact) mass is 265 g/mol. The first-order chi connectivity index (χ1) is 8.35. The molecule has 0 saturated carbocycles. The second kappa shape index (κ2) is 5.59. The van der Waals surface area contributed by atoms with Gasteiger partial charge < -0.3 is 4.74 Å². The Kier molecular flexibility index (Phi) is 4.38. The van der Waals surface area contributed by atoms with Gasteiger partial charge in [0.15, 0.2) is 0 Å². The first-order valence-corrected chi connectivity index (χ1v) is 8.69. The van der Waals surface area contributed by atoms with E-state index in [1.807, 2.05) is 18.8 Å². The standard InChI is InChI=1S/C12H15NO4Si/c1-4-18(2,3)9-17-12(14)10-5-7-11(8-6-10)13(15)16/h4-8H,1,9H2,2-3H3. The van der Waals surface area contributed by atoms with Crippen molar-refractivity contribution >= 4 is 19.7 Å². The third-order valence-corrected chi connectivity index (χ3v) is 4.44. The summed E-state index contributed by atoms with van der Waals surface area (Å²) in [5, 5.41) is 10.5. The zero-order valence-electron chi connectivity index (χ0n) is 10.4. The van der Waals surface area contributed by atoms with E-state index in [2.05, 4.69) is 6.58 Å². The number of non-ortho nitro benzene ring substituents is 1. The van der Waals surface area contributed by atoms with Crippen LogP contribution in [-0.4, -0.2) is 25.2 Å². The van der Waals surface area contributed by atoms with Crippen LogP contribution in [0, 0.1) is 10.1 Å². The van der Waals surface area contributed by atoms with Crippen molar-refractivity contribution in [1.29, 1.82) is 0 Å². The molecule has 0 aliphatic heterocycles. The van der Waals surface area contributed by atoms with Crippen molar-refractivity contribution in [3.63, 3.8) is 0 Å².